The Morgan fingerprint density at radius 1 is 1.35 bits per heavy atom. The molecule has 1 aromatic heterocycles. The molecule has 0 radical (unpaired) electrons. The summed E-state index contributed by atoms with van der Waals surface area (Å²) in [6.07, 6.45) is 3.02. The molecule has 0 saturated carbocycles. The van der Waals surface area contributed by atoms with Gasteiger partial charge >= 0.3 is 0 Å². The summed E-state index contributed by atoms with van der Waals surface area (Å²) >= 11 is 0. The molecule has 0 aliphatic heterocycles. The number of hydrogen-bond acceptors (Lipinski definition) is 6. The van der Waals surface area contributed by atoms with Crippen LogP contribution in [0.1, 0.15) is 6.92 Å². The molecule has 0 fully saturated rings. The summed E-state index contributed by atoms with van der Waals surface area (Å²) in [6, 6.07) is 0. The lowest BCUT2D eigenvalue weighted by Gasteiger charge is -2.06. The maximum absolute atomic E-state index is 11.3. The van der Waals surface area contributed by atoms with Crippen LogP contribution in [-0.2, 0) is 10.0 Å². The molecule has 0 unspecified atom stereocenters. The zero-order chi connectivity index (χ0) is 12.7. The first kappa shape index (κ1) is 13.7. The van der Waals surface area contributed by atoms with Gasteiger partial charge < -0.3 is 10.1 Å². The summed E-state index contributed by atoms with van der Waals surface area (Å²) in [7, 11) is -1.68. The highest BCUT2D eigenvalue weighted by molar-refractivity contribution is 7.89. The van der Waals surface area contributed by atoms with Crippen LogP contribution in [0.4, 0.5) is 5.95 Å². The van der Waals surface area contributed by atoms with E-state index in [1.165, 1.54) is 19.5 Å². The van der Waals surface area contributed by atoms with Crippen LogP contribution in [0.2, 0.25) is 0 Å². The Bertz CT molecular complexity index is 432. The summed E-state index contributed by atoms with van der Waals surface area (Å²) in [5.74, 6) is 0.907. The van der Waals surface area contributed by atoms with Crippen molar-refractivity contribution in [3.63, 3.8) is 0 Å². The van der Waals surface area contributed by atoms with Gasteiger partial charge in [0, 0.05) is 13.1 Å². The second kappa shape index (κ2) is 6.36. The van der Waals surface area contributed by atoms with Gasteiger partial charge in [0.25, 0.3) is 0 Å². The Morgan fingerprint density at radius 2 is 2.00 bits per heavy atom. The lowest BCUT2D eigenvalue weighted by molar-refractivity contribution is 0.411. The van der Waals surface area contributed by atoms with Crippen LogP contribution in [0, 0.1) is 0 Å². The van der Waals surface area contributed by atoms with Crippen molar-refractivity contribution in [3.05, 3.63) is 12.4 Å². The Labute approximate surface area is 101 Å². The van der Waals surface area contributed by atoms with E-state index in [1.807, 2.05) is 0 Å². The number of anilines is 1. The number of rotatable bonds is 7. The average molecular weight is 260 g/mol. The fourth-order valence-electron chi connectivity index (χ4n) is 1.10. The minimum atomic E-state index is -3.21. The zero-order valence-electron chi connectivity index (χ0n) is 9.80. The third-order valence-electron chi connectivity index (χ3n) is 1.88. The van der Waals surface area contributed by atoms with Crippen LogP contribution in [0.5, 0.6) is 5.75 Å². The third-order valence-corrected chi connectivity index (χ3v) is 3.35. The van der Waals surface area contributed by atoms with E-state index in [9.17, 15) is 8.42 Å². The summed E-state index contributed by atoms with van der Waals surface area (Å²) in [5.41, 5.74) is 0. The highest BCUT2D eigenvalue weighted by Crippen LogP contribution is 2.06. The highest BCUT2D eigenvalue weighted by atomic mass is 32.2. The molecule has 7 nitrogen and oxygen atoms in total. The van der Waals surface area contributed by atoms with Gasteiger partial charge in [0.05, 0.1) is 25.3 Å². The van der Waals surface area contributed by atoms with Crippen LogP contribution in [-0.4, -0.2) is 44.3 Å². The normalized spacial score (nSPS) is 11.2. The molecule has 0 bridgehead atoms. The van der Waals surface area contributed by atoms with Crippen LogP contribution in [0.15, 0.2) is 12.4 Å². The maximum Gasteiger partial charge on any atom is 0.222 e. The van der Waals surface area contributed by atoms with Gasteiger partial charge in [-0.25, -0.2) is 23.1 Å². The molecule has 8 heteroatoms. The van der Waals surface area contributed by atoms with Crippen molar-refractivity contribution in [1.82, 2.24) is 14.7 Å². The lowest BCUT2D eigenvalue weighted by atomic mass is 10.6. The van der Waals surface area contributed by atoms with Crippen molar-refractivity contribution < 1.29 is 13.2 Å². The van der Waals surface area contributed by atoms with Crippen molar-refractivity contribution >= 4 is 16.0 Å². The van der Waals surface area contributed by atoms with Crippen molar-refractivity contribution in [3.8, 4) is 5.75 Å². The smallest absolute Gasteiger partial charge is 0.222 e. The van der Waals surface area contributed by atoms with E-state index in [4.69, 9.17) is 4.74 Å². The van der Waals surface area contributed by atoms with E-state index in [0.717, 1.165) is 0 Å². The monoisotopic (exact) mass is 260 g/mol. The van der Waals surface area contributed by atoms with Crippen molar-refractivity contribution in [2.75, 3.05) is 31.3 Å². The minimum Gasteiger partial charge on any atom is -0.494 e. The van der Waals surface area contributed by atoms with Gasteiger partial charge in [-0.15, -0.1) is 0 Å². The van der Waals surface area contributed by atoms with Crippen LogP contribution >= 0.6 is 0 Å². The molecular weight excluding hydrogens is 244 g/mol. The van der Waals surface area contributed by atoms with E-state index in [0.29, 0.717) is 18.2 Å². The Kier molecular flexibility index (Phi) is 5.11. The first-order chi connectivity index (χ1) is 8.07. The molecule has 0 aliphatic carbocycles. The zero-order valence-corrected chi connectivity index (χ0v) is 10.6. The van der Waals surface area contributed by atoms with Crippen molar-refractivity contribution in [2.24, 2.45) is 0 Å². The minimum absolute atomic E-state index is 0.0176. The predicted octanol–water partition coefficient (Wildman–Crippen LogP) is -0.164. The maximum atomic E-state index is 11.3. The van der Waals surface area contributed by atoms with Gasteiger partial charge in [-0.05, 0) is 0 Å². The molecule has 0 atom stereocenters. The lowest BCUT2D eigenvalue weighted by Crippen LogP contribution is -2.29. The van der Waals surface area contributed by atoms with Gasteiger partial charge in [0.2, 0.25) is 16.0 Å². The second-order valence-corrected chi connectivity index (χ2v) is 5.12. The molecule has 0 spiro atoms. The number of methoxy groups -OCH3 is 1. The summed E-state index contributed by atoms with van der Waals surface area (Å²) in [5, 5.41) is 2.81. The molecule has 0 aromatic carbocycles. The topological polar surface area (TPSA) is 93.2 Å². The van der Waals surface area contributed by atoms with Gasteiger partial charge in [-0.1, -0.05) is 6.92 Å². The molecule has 1 heterocycles. The SMILES string of the molecule is CCNS(=O)(=O)CCNc1ncc(OC)cn1. The Hall–Kier alpha value is -1.41. The van der Waals surface area contributed by atoms with E-state index >= 15 is 0 Å². The standard InChI is InChI=1S/C9H16N4O3S/c1-3-13-17(14,15)5-4-10-9-11-6-8(16-2)7-12-9/h6-7,13H,3-5H2,1-2H3,(H,10,11,12). The number of nitrogens with zero attached hydrogens (tertiary/aromatic N) is 2. The molecule has 96 valence electrons. The van der Waals surface area contributed by atoms with Gasteiger partial charge in [0.15, 0.2) is 5.75 Å². The van der Waals surface area contributed by atoms with Gasteiger partial charge in [0.1, 0.15) is 0 Å². The molecule has 0 aliphatic rings. The fraction of sp³-hybridized carbons (Fsp3) is 0.556. The van der Waals surface area contributed by atoms with E-state index in [1.54, 1.807) is 6.92 Å². The van der Waals surface area contributed by atoms with Crippen LogP contribution in [0.25, 0.3) is 0 Å². The number of ether oxygens (including phenoxy) is 1. The number of aromatic nitrogens is 2. The van der Waals surface area contributed by atoms with Gasteiger partial charge in [-0.2, -0.15) is 0 Å². The average Bonchev–Trinajstić information content (AvgIpc) is 2.29. The third kappa shape index (κ3) is 4.96. The molecule has 1 rings (SSSR count). The Morgan fingerprint density at radius 3 is 2.53 bits per heavy atom. The predicted molar refractivity (Wildman–Crippen MR) is 64.5 cm³/mol. The first-order valence-corrected chi connectivity index (χ1v) is 6.80. The molecule has 1 aromatic rings. The van der Waals surface area contributed by atoms with Crippen LogP contribution < -0.4 is 14.8 Å². The molecule has 17 heavy (non-hydrogen) atoms. The Balaban J connectivity index is 2.40. The van der Waals surface area contributed by atoms with Crippen molar-refractivity contribution in [2.45, 2.75) is 6.92 Å². The summed E-state index contributed by atoms with van der Waals surface area (Å²) in [6.45, 7) is 2.38. The van der Waals surface area contributed by atoms with Gasteiger partial charge in [-0.3, -0.25) is 0 Å². The van der Waals surface area contributed by atoms with E-state index in [2.05, 4.69) is 20.0 Å². The van der Waals surface area contributed by atoms with Crippen LogP contribution in [0.3, 0.4) is 0 Å². The number of nitrogens with one attached hydrogen (secondary N) is 2. The quantitative estimate of drug-likeness (QED) is 0.707. The number of hydrogen-bond donors (Lipinski definition) is 2. The molecular formula is C9H16N4O3S. The first-order valence-electron chi connectivity index (χ1n) is 5.14. The second-order valence-electron chi connectivity index (χ2n) is 3.19. The van der Waals surface area contributed by atoms with E-state index in [-0.39, 0.29) is 12.3 Å². The molecule has 0 amide bonds. The number of sulfonamides is 1. The summed E-state index contributed by atoms with van der Waals surface area (Å²) in [4.78, 5) is 7.91. The fourth-order valence-corrected chi connectivity index (χ4v) is 2.06. The van der Waals surface area contributed by atoms with Crippen molar-refractivity contribution in [1.29, 1.82) is 0 Å². The van der Waals surface area contributed by atoms with E-state index < -0.39 is 10.0 Å². The summed E-state index contributed by atoms with van der Waals surface area (Å²) < 4.78 is 29.9. The molecule has 0 saturated heterocycles. The largest absolute Gasteiger partial charge is 0.494 e. The highest BCUT2D eigenvalue weighted by Gasteiger charge is 2.07. The molecule has 2 N–H and O–H groups in total.